The number of hydrogen-bond donors (Lipinski definition) is 0. The Labute approximate surface area is 172 Å². The number of aryl methyl sites for hydroxylation is 1. The Hall–Kier alpha value is -2.64. The van der Waals surface area contributed by atoms with Crippen molar-refractivity contribution >= 4 is 22.0 Å². The van der Waals surface area contributed by atoms with Gasteiger partial charge in [-0.1, -0.05) is 29.8 Å². The molecule has 0 spiro atoms. The summed E-state index contributed by atoms with van der Waals surface area (Å²) in [6.07, 6.45) is 3.34. The minimum absolute atomic E-state index is 0.107. The average Bonchev–Trinajstić information content (AvgIpc) is 2.73. The molecule has 0 saturated carbocycles. The van der Waals surface area contributed by atoms with Crippen molar-refractivity contribution in [3.63, 3.8) is 0 Å². The smallest absolute Gasteiger partial charge is 0.246 e. The summed E-state index contributed by atoms with van der Waals surface area (Å²) in [6, 6.07) is 14.3. The summed E-state index contributed by atoms with van der Waals surface area (Å²) in [5, 5.41) is 0. The summed E-state index contributed by atoms with van der Waals surface area (Å²) in [6.45, 7) is 5.70. The third-order valence-corrected chi connectivity index (χ3v) is 6.70. The topological polar surface area (TPSA) is 66.9 Å². The highest BCUT2D eigenvalue weighted by molar-refractivity contribution is 7.89. The first-order valence-electron chi connectivity index (χ1n) is 9.67. The largest absolute Gasteiger partial charge is 0.494 e. The van der Waals surface area contributed by atoms with E-state index < -0.39 is 10.0 Å². The fourth-order valence-electron chi connectivity index (χ4n) is 3.22. The third kappa shape index (κ3) is 5.25. The molecule has 154 valence electrons. The van der Waals surface area contributed by atoms with E-state index in [-0.39, 0.29) is 23.9 Å². The van der Waals surface area contributed by atoms with Gasteiger partial charge in [-0.3, -0.25) is 4.79 Å². The van der Waals surface area contributed by atoms with E-state index >= 15 is 0 Å². The number of amides is 1. The molecule has 0 unspecified atom stereocenters. The van der Waals surface area contributed by atoms with Crippen molar-refractivity contribution in [1.29, 1.82) is 0 Å². The molecule has 0 aromatic heterocycles. The van der Waals surface area contributed by atoms with Gasteiger partial charge in [0.25, 0.3) is 0 Å². The van der Waals surface area contributed by atoms with Crippen molar-refractivity contribution in [2.24, 2.45) is 0 Å². The molecule has 0 atom stereocenters. The number of piperazine rings is 1. The Morgan fingerprint density at radius 3 is 2.38 bits per heavy atom. The van der Waals surface area contributed by atoms with Crippen LogP contribution in [0.25, 0.3) is 6.08 Å². The number of sulfonamides is 1. The molecule has 1 saturated heterocycles. The molecule has 0 aliphatic carbocycles. The van der Waals surface area contributed by atoms with E-state index in [1.807, 2.05) is 38.1 Å². The predicted molar refractivity (Wildman–Crippen MR) is 113 cm³/mol. The van der Waals surface area contributed by atoms with Gasteiger partial charge in [-0.25, -0.2) is 8.42 Å². The lowest BCUT2D eigenvalue weighted by Gasteiger charge is -2.33. The molecule has 29 heavy (non-hydrogen) atoms. The van der Waals surface area contributed by atoms with Gasteiger partial charge in [-0.2, -0.15) is 4.31 Å². The van der Waals surface area contributed by atoms with Gasteiger partial charge in [0.1, 0.15) is 5.75 Å². The second-order valence-electron chi connectivity index (χ2n) is 6.88. The lowest BCUT2D eigenvalue weighted by molar-refractivity contribution is -0.127. The van der Waals surface area contributed by atoms with Gasteiger partial charge in [-0.05, 0) is 49.8 Å². The monoisotopic (exact) mass is 414 g/mol. The molecule has 3 rings (SSSR count). The van der Waals surface area contributed by atoms with Crippen LogP contribution in [0.4, 0.5) is 0 Å². The van der Waals surface area contributed by atoms with Crippen LogP contribution in [-0.4, -0.2) is 56.3 Å². The molecule has 6 nitrogen and oxygen atoms in total. The Morgan fingerprint density at radius 1 is 1.07 bits per heavy atom. The summed E-state index contributed by atoms with van der Waals surface area (Å²) in [4.78, 5) is 14.4. The first-order chi connectivity index (χ1) is 13.9. The molecule has 0 radical (unpaired) electrons. The SMILES string of the molecule is CCOc1ccc(S(=O)(=O)N2CCN(C(=O)/C=C/c3cccc(C)c3)CC2)cc1. The van der Waals surface area contributed by atoms with E-state index in [1.165, 1.54) is 4.31 Å². The Balaban J connectivity index is 1.59. The van der Waals surface area contributed by atoms with Crippen molar-refractivity contribution in [1.82, 2.24) is 9.21 Å². The molecular formula is C22H26N2O4S. The minimum atomic E-state index is -3.58. The van der Waals surface area contributed by atoms with Crippen LogP contribution in [0, 0.1) is 6.92 Å². The van der Waals surface area contributed by atoms with E-state index in [9.17, 15) is 13.2 Å². The van der Waals surface area contributed by atoms with Crippen molar-refractivity contribution in [2.45, 2.75) is 18.7 Å². The molecule has 0 bridgehead atoms. The summed E-state index contributed by atoms with van der Waals surface area (Å²) in [5.41, 5.74) is 2.10. The van der Waals surface area contributed by atoms with Gasteiger partial charge in [0.05, 0.1) is 11.5 Å². The molecule has 1 fully saturated rings. The van der Waals surface area contributed by atoms with Gasteiger partial charge in [0.15, 0.2) is 0 Å². The van der Waals surface area contributed by atoms with Crippen molar-refractivity contribution in [3.8, 4) is 5.75 Å². The molecule has 1 aliphatic heterocycles. The standard InChI is InChI=1S/C22H26N2O4S/c1-3-28-20-8-10-21(11-9-20)29(26,27)24-15-13-23(14-16-24)22(25)12-7-19-6-4-5-18(2)17-19/h4-12,17H,3,13-16H2,1-2H3/b12-7+. The molecule has 1 amide bonds. The van der Waals surface area contributed by atoms with Gasteiger partial charge in [-0.15, -0.1) is 0 Å². The highest BCUT2D eigenvalue weighted by Gasteiger charge is 2.29. The fourth-order valence-corrected chi connectivity index (χ4v) is 4.64. The zero-order valence-electron chi connectivity index (χ0n) is 16.7. The lowest BCUT2D eigenvalue weighted by atomic mass is 10.1. The first-order valence-corrected chi connectivity index (χ1v) is 11.1. The quantitative estimate of drug-likeness (QED) is 0.682. The average molecular weight is 415 g/mol. The number of carbonyl (C=O) groups is 1. The Kier molecular flexibility index (Phi) is 6.71. The fraction of sp³-hybridized carbons (Fsp3) is 0.318. The zero-order valence-corrected chi connectivity index (χ0v) is 17.6. The predicted octanol–water partition coefficient (Wildman–Crippen LogP) is 2.94. The van der Waals surface area contributed by atoms with Crippen LogP contribution >= 0.6 is 0 Å². The molecule has 7 heteroatoms. The summed E-state index contributed by atoms with van der Waals surface area (Å²) >= 11 is 0. The van der Waals surface area contributed by atoms with Crippen LogP contribution in [0.1, 0.15) is 18.1 Å². The van der Waals surface area contributed by atoms with Crippen molar-refractivity contribution < 1.29 is 17.9 Å². The molecule has 2 aromatic carbocycles. The number of ether oxygens (including phenoxy) is 1. The Bertz CT molecular complexity index is 976. The number of nitrogens with zero attached hydrogens (tertiary/aromatic N) is 2. The van der Waals surface area contributed by atoms with Crippen LogP contribution in [0.2, 0.25) is 0 Å². The Morgan fingerprint density at radius 2 is 1.76 bits per heavy atom. The summed E-state index contributed by atoms with van der Waals surface area (Å²) in [5.74, 6) is 0.534. The lowest BCUT2D eigenvalue weighted by Crippen LogP contribution is -2.50. The minimum Gasteiger partial charge on any atom is -0.494 e. The number of hydrogen-bond acceptors (Lipinski definition) is 4. The van der Waals surface area contributed by atoms with Crippen LogP contribution < -0.4 is 4.74 Å². The second kappa shape index (κ2) is 9.24. The van der Waals surface area contributed by atoms with Crippen LogP contribution in [-0.2, 0) is 14.8 Å². The number of benzene rings is 2. The third-order valence-electron chi connectivity index (χ3n) is 4.78. The summed E-state index contributed by atoms with van der Waals surface area (Å²) < 4.78 is 32.5. The molecule has 2 aromatic rings. The number of carbonyl (C=O) groups excluding carboxylic acids is 1. The normalized spacial score (nSPS) is 15.6. The van der Waals surface area contributed by atoms with Gasteiger partial charge in [0.2, 0.25) is 15.9 Å². The number of rotatable bonds is 6. The molecular weight excluding hydrogens is 388 g/mol. The second-order valence-corrected chi connectivity index (χ2v) is 8.82. The van der Waals surface area contributed by atoms with E-state index in [0.717, 1.165) is 11.1 Å². The van der Waals surface area contributed by atoms with Crippen LogP contribution in [0.15, 0.2) is 59.5 Å². The van der Waals surface area contributed by atoms with Crippen molar-refractivity contribution in [3.05, 3.63) is 65.7 Å². The first kappa shape index (κ1) is 21.1. The molecule has 0 N–H and O–H groups in total. The maximum absolute atomic E-state index is 12.8. The van der Waals surface area contributed by atoms with Gasteiger partial charge < -0.3 is 9.64 Å². The van der Waals surface area contributed by atoms with Crippen molar-refractivity contribution in [2.75, 3.05) is 32.8 Å². The van der Waals surface area contributed by atoms with E-state index in [0.29, 0.717) is 25.4 Å². The van der Waals surface area contributed by atoms with Gasteiger partial charge >= 0.3 is 0 Å². The van der Waals surface area contributed by atoms with E-state index in [4.69, 9.17) is 4.74 Å². The zero-order chi connectivity index (χ0) is 20.9. The molecule has 1 aliphatic rings. The maximum Gasteiger partial charge on any atom is 0.246 e. The summed E-state index contributed by atoms with van der Waals surface area (Å²) in [7, 11) is -3.58. The van der Waals surface area contributed by atoms with E-state index in [1.54, 1.807) is 41.3 Å². The highest BCUT2D eigenvalue weighted by atomic mass is 32.2. The van der Waals surface area contributed by atoms with E-state index in [2.05, 4.69) is 0 Å². The highest BCUT2D eigenvalue weighted by Crippen LogP contribution is 2.21. The van der Waals surface area contributed by atoms with Crippen LogP contribution in [0.5, 0.6) is 5.75 Å². The van der Waals surface area contributed by atoms with Crippen LogP contribution in [0.3, 0.4) is 0 Å². The van der Waals surface area contributed by atoms with Gasteiger partial charge in [0, 0.05) is 32.3 Å². The maximum atomic E-state index is 12.8. The molecule has 1 heterocycles.